The quantitative estimate of drug-likeness (QED) is 0.178. The number of furan rings is 2. The van der Waals surface area contributed by atoms with Gasteiger partial charge in [0.2, 0.25) is 0 Å². The summed E-state index contributed by atoms with van der Waals surface area (Å²) in [6, 6.07) is 43.8. The Morgan fingerprint density at radius 2 is 0.889 bits per heavy atom. The third-order valence-corrected chi connectivity index (χ3v) is 14.1. The number of hydrogen-bond acceptors (Lipinski definition) is 2. The molecule has 0 radical (unpaired) electrons. The Morgan fingerprint density at radius 3 is 1.27 bits per heavy atom. The molecule has 0 amide bonds. The van der Waals surface area contributed by atoms with Gasteiger partial charge in [0, 0.05) is 22.2 Å². The first-order chi connectivity index (χ1) is 21.9. The van der Waals surface area contributed by atoms with E-state index in [2.05, 4.69) is 147 Å². The average molecular weight is 601 g/mol. The predicted molar refractivity (Wildman–Crippen MR) is 189 cm³/mol. The second kappa shape index (κ2) is 10.6. The Bertz CT molecular complexity index is 1960. The molecule has 2 atom stereocenters. The molecule has 2 aromatic heterocycles. The van der Waals surface area contributed by atoms with Crippen molar-refractivity contribution in [2.75, 3.05) is 0 Å². The molecule has 45 heavy (non-hydrogen) atoms. The molecule has 0 N–H and O–H groups in total. The highest BCUT2D eigenvalue weighted by molar-refractivity contribution is 6.84. The van der Waals surface area contributed by atoms with Crippen LogP contribution in [0.1, 0.15) is 56.4 Å². The van der Waals surface area contributed by atoms with Crippen molar-refractivity contribution in [2.24, 2.45) is 0 Å². The minimum atomic E-state index is -2.32. The van der Waals surface area contributed by atoms with Gasteiger partial charge >= 0.3 is 0 Å². The number of hydrogen-bond donors (Lipinski definition) is 0. The molecule has 2 aliphatic carbocycles. The maximum absolute atomic E-state index is 6.41. The molecule has 4 aromatic carbocycles. The zero-order valence-corrected chi connectivity index (χ0v) is 27.2. The summed E-state index contributed by atoms with van der Waals surface area (Å²) in [7, 11) is -2.32. The Hall–Kier alpha value is -4.86. The molecular formula is C42H36O2Si. The highest BCUT2D eigenvalue weighted by Gasteiger charge is 2.50. The van der Waals surface area contributed by atoms with E-state index in [1.165, 1.54) is 55.7 Å². The Labute approximate surface area is 266 Å². The van der Waals surface area contributed by atoms with Gasteiger partial charge in [-0.1, -0.05) is 110 Å². The third kappa shape index (κ3) is 4.53. The van der Waals surface area contributed by atoms with Crippen LogP contribution in [-0.4, -0.2) is 8.07 Å². The number of aryl methyl sites for hydroxylation is 2. The van der Waals surface area contributed by atoms with Crippen LogP contribution in [-0.2, 0) is 0 Å². The monoisotopic (exact) mass is 600 g/mol. The van der Waals surface area contributed by atoms with Gasteiger partial charge in [-0.2, -0.15) is 0 Å². The van der Waals surface area contributed by atoms with Crippen LogP contribution in [0.15, 0.2) is 130 Å². The van der Waals surface area contributed by atoms with E-state index in [4.69, 9.17) is 8.83 Å². The van der Waals surface area contributed by atoms with E-state index in [0.717, 1.165) is 23.0 Å². The van der Waals surface area contributed by atoms with Gasteiger partial charge in [-0.05, 0) is 94.8 Å². The van der Waals surface area contributed by atoms with Crippen molar-refractivity contribution >= 4 is 31.4 Å². The van der Waals surface area contributed by atoms with Gasteiger partial charge in [0.25, 0.3) is 0 Å². The van der Waals surface area contributed by atoms with Crippen LogP contribution in [0.2, 0.25) is 13.1 Å². The van der Waals surface area contributed by atoms with Crippen LogP contribution >= 0.6 is 0 Å². The van der Waals surface area contributed by atoms with Crippen molar-refractivity contribution in [1.82, 2.24) is 0 Å². The Morgan fingerprint density at radius 1 is 0.467 bits per heavy atom. The van der Waals surface area contributed by atoms with Gasteiger partial charge in [0.05, 0.1) is 8.07 Å². The third-order valence-electron chi connectivity index (χ3n) is 9.83. The standard InChI is InChI=1S/C42H36O2Si/c1-27-21-23-39(43-27)37-25-35-31(29-13-7-5-8-14-29)17-11-19-33(35)41(37)45(3,4)42-34-20-12-18-32(30-15-9-6-10-16-30)36(34)26-38(42)40-24-22-28(2)44-40/h5-26,41-42H,1-4H3. The fourth-order valence-corrected chi connectivity index (χ4v) is 12.4. The molecule has 0 spiro atoms. The molecule has 2 heterocycles. The largest absolute Gasteiger partial charge is 0.462 e. The van der Waals surface area contributed by atoms with Gasteiger partial charge < -0.3 is 8.83 Å². The maximum atomic E-state index is 6.41. The normalized spacial score (nSPS) is 17.2. The molecule has 0 fully saturated rings. The van der Waals surface area contributed by atoms with Crippen molar-refractivity contribution in [3.05, 3.63) is 167 Å². The lowest BCUT2D eigenvalue weighted by Crippen LogP contribution is -2.42. The predicted octanol–water partition coefficient (Wildman–Crippen LogP) is 11.6. The lowest BCUT2D eigenvalue weighted by atomic mass is 9.97. The van der Waals surface area contributed by atoms with Crippen LogP contribution in [0.4, 0.5) is 0 Å². The minimum Gasteiger partial charge on any atom is -0.462 e. The molecular weight excluding hydrogens is 565 g/mol. The van der Waals surface area contributed by atoms with Crippen LogP contribution < -0.4 is 0 Å². The summed E-state index contributed by atoms with van der Waals surface area (Å²) in [4.78, 5) is 0. The van der Waals surface area contributed by atoms with Crippen molar-refractivity contribution in [2.45, 2.75) is 38.0 Å². The summed E-state index contributed by atoms with van der Waals surface area (Å²) in [6.45, 7) is 9.23. The SMILES string of the molecule is Cc1ccc(C2=Cc3c(-c4ccccc4)cccc3C2[Si](C)(C)C2C(c3ccc(C)o3)=Cc3c(-c4ccccc4)cccc32)o1. The molecule has 0 saturated carbocycles. The van der Waals surface area contributed by atoms with Gasteiger partial charge in [-0.15, -0.1) is 0 Å². The molecule has 220 valence electrons. The average Bonchev–Trinajstić information content (AvgIpc) is 3.85. The summed E-state index contributed by atoms with van der Waals surface area (Å²) in [5.74, 6) is 3.83. The van der Waals surface area contributed by atoms with Crippen LogP contribution in [0.3, 0.4) is 0 Å². The van der Waals surface area contributed by atoms with Gasteiger partial charge in [0.15, 0.2) is 0 Å². The number of fused-ring (bicyclic) bond motifs is 2. The minimum absolute atomic E-state index is 0.220. The fourth-order valence-electron chi connectivity index (χ4n) is 7.92. The number of benzene rings is 4. The molecule has 2 nitrogen and oxygen atoms in total. The summed E-state index contributed by atoms with van der Waals surface area (Å²) in [6.07, 6.45) is 4.85. The van der Waals surface area contributed by atoms with E-state index in [1.54, 1.807) is 0 Å². The van der Waals surface area contributed by atoms with Crippen LogP contribution in [0, 0.1) is 13.8 Å². The molecule has 0 bridgehead atoms. The zero-order valence-electron chi connectivity index (χ0n) is 26.2. The van der Waals surface area contributed by atoms with Crippen molar-refractivity contribution in [3.8, 4) is 22.3 Å². The van der Waals surface area contributed by atoms with Crippen molar-refractivity contribution in [1.29, 1.82) is 0 Å². The van der Waals surface area contributed by atoms with E-state index in [9.17, 15) is 0 Å². The van der Waals surface area contributed by atoms with Gasteiger partial charge in [-0.25, -0.2) is 0 Å². The second-order valence-corrected chi connectivity index (χ2v) is 17.9. The first-order valence-electron chi connectivity index (χ1n) is 15.8. The van der Waals surface area contributed by atoms with Gasteiger partial charge in [-0.3, -0.25) is 0 Å². The van der Waals surface area contributed by atoms with E-state index in [-0.39, 0.29) is 11.1 Å². The lowest BCUT2D eigenvalue weighted by molar-refractivity contribution is 0.519. The van der Waals surface area contributed by atoms with Crippen LogP contribution in [0.25, 0.3) is 45.6 Å². The summed E-state index contributed by atoms with van der Waals surface area (Å²) in [5.41, 5.74) is 13.5. The first kappa shape index (κ1) is 27.7. The molecule has 0 saturated heterocycles. The smallest absolute Gasteiger partial charge is 0.130 e. The molecule has 3 heteroatoms. The highest BCUT2D eigenvalue weighted by Crippen LogP contribution is 2.58. The molecule has 2 unspecified atom stereocenters. The second-order valence-electron chi connectivity index (χ2n) is 13.1. The molecule has 0 aliphatic heterocycles. The summed E-state index contributed by atoms with van der Waals surface area (Å²) in [5, 5.41) is 0. The summed E-state index contributed by atoms with van der Waals surface area (Å²) >= 11 is 0. The number of rotatable bonds is 6. The molecule has 6 aromatic rings. The van der Waals surface area contributed by atoms with E-state index >= 15 is 0 Å². The fraction of sp³-hybridized carbons (Fsp3) is 0.143. The molecule has 8 rings (SSSR count). The van der Waals surface area contributed by atoms with E-state index in [1.807, 2.05) is 13.8 Å². The lowest BCUT2D eigenvalue weighted by Gasteiger charge is -2.39. The summed E-state index contributed by atoms with van der Waals surface area (Å²) < 4.78 is 12.8. The van der Waals surface area contributed by atoms with Gasteiger partial charge in [0.1, 0.15) is 23.0 Å². The molecule has 2 aliphatic rings. The van der Waals surface area contributed by atoms with Crippen LogP contribution in [0.5, 0.6) is 0 Å². The van der Waals surface area contributed by atoms with E-state index < -0.39 is 8.07 Å². The number of allylic oxidation sites excluding steroid dienone is 2. The zero-order chi connectivity index (χ0) is 30.7. The maximum Gasteiger partial charge on any atom is 0.130 e. The van der Waals surface area contributed by atoms with Crippen molar-refractivity contribution in [3.63, 3.8) is 0 Å². The Balaban J connectivity index is 1.35. The first-order valence-corrected chi connectivity index (χ1v) is 19.0. The Kier molecular flexibility index (Phi) is 6.54. The van der Waals surface area contributed by atoms with E-state index in [0.29, 0.717) is 0 Å². The van der Waals surface area contributed by atoms with Crippen molar-refractivity contribution < 1.29 is 8.83 Å². The topological polar surface area (TPSA) is 26.3 Å². The highest BCUT2D eigenvalue weighted by atomic mass is 28.3.